The van der Waals surface area contributed by atoms with Crippen molar-refractivity contribution in [2.24, 2.45) is 0 Å². The van der Waals surface area contributed by atoms with Gasteiger partial charge in [-0.15, -0.1) is 0 Å². The molecule has 16 heavy (non-hydrogen) atoms. The van der Waals surface area contributed by atoms with Crippen molar-refractivity contribution in [3.05, 3.63) is 0 Å². The summed E-state index contributed by atoms with van der Waals surface area (Å²) in [5.41, 5.74) is 0. The normalized spacial score (nSPS) is 39.4. The highest BCUT2D eigenvalue weighted by Gasteiger charge is 2.44. The summed E-state index contributed by atoms with van der Waals surface area (Å²) >= 11 is 0. The first-order valence-corrected chi connectivity index (χ1v) is 4.93. The van der Waals surface area contributed by atoms with Crippen LogP contribution in [0.15, 0.2) is 0 Å². The van der Waals surface area contributed by atoms with Gasteiger partial charge in [0.2, 0.25) is 5.91 Å². The molecule has 1 fully saturated rings. The van der Waals surface area contributed by atoms with E-state index in [4.69, 9.17) is 14.6 Å². The van der Waals surface area contributed by atoms with Gasteiger partial charge >= 0.3 is 0 Å². The molecule has 7 nitrogen and oxygen atoms in total. The smallest absolute Gasteiger partial charge is 0.217 e. The molecule has 0 unspecified atom stereocenters. The van der Waals surface area contributed by atoms with Gasteiger partial charge in [-0.25, -0.2) is 0 Å². The summed E-state index contributed by atoms with van der Waals surface area (Å²) in [7, 11) is 1.32. The molecule has 0 aliphatic carbocycles. The Kier molecular flexibility index (Phi) is 4.63. The number of methoxy groups -OCH3 is 1. The topological polar surface area (TPSA) is 108 Å². The minimum atomic E-state index is -1.19. The van der Waals surface area contributed by atoms with Crippen LogP contribution in [0.4, 0.5) is 0 Å². The van der Waals surface area contributed by atoms with E-state index in [1.807, 2.05) is 0 Å². The second-order valence-electron chi connectivity index (χ2n) is 3.67. The van der Waals surface area contributed by atoms with Crippen molar-refractivity contribution in [3.63, 3.8) is 0 Å². The molecule has 0 saturated carbocycles. The second-order valence-corrected chi connectivity index (χ2v) is 3.67. The Morgan fingerprint density at radius 1 is 1.44 bits per heavy atom. The molecular formula is C9H17NO6. The van der Waals surface area contributed by atoms with Crippen LogP contribution in [0.1, 0.15) is 6.92 Å². The molecule has 0 spiro atoms. The third-order valence-corrected chi connectivity index (χ3v) is 2.49. The van der Waals surface area contributed by atoms with E-state index < -0.39 is 43.2 Å². The van der Waals surface area contributed by atoms with Crippen molar-refractivity contribution in [1.82, 2.24) is 5.32 Å². The maximum atomic E-state index is 10.9. The lowest BCUT2D eigenvalue weighted by Gasteiger charge is -2.41. The lowest BCUT2D eigenvalue weighted by atomic mass is 9.96. The van der Waals surface area contributed by atoms with Crippen molar-refractivity contribution in [3.8, 4) is 0 Å². The van der Waals surface area contributed by atoms with E-state index in [1.165, 1.54) is 14.0 Å². The first kappa shape index (κ1) is 13.3. The molecule has 1 amide bonds. The van der Waals surface area contributed by atoms with Crippen LogP contribution in [-0.4, -0.2) is 65.6 Å². The van der Waals surface area contributed by atoms with Gasteiger partial charge in [0.1, 0.15) is 18.3 Å². The summed E-state index contributed by atoms with van der Waals surface area (Å²) in [6, 6.07) is -0.923. The first-order chi connectivity index (χ1) is 7.51. The van der Waals surface area contributed by atoms with Gasteiger partial charge in [-0.2, -0.15) is 0 Å². The number of aliphatic hydroxyl groups excluding tert-OH is 3. The van der Waals surface area contributed by atoms with E-state index in [1.54, 1.807) is 0 Å². The van der Waals surface area contributed by atoms with Crippen molar-refractivity contribution in [2.45, 2.75) is 37.6 Å². The molecule has 1 saturated heterocycles. The van der Waals surface area contributed by atoms with E-state index in [0.29, 0.717) is 0 Å². The van der Waals surface area contributed by atoms with Crippen LogP contribution in [0.25, 0.3) is 0 Å². The predicted octanol–water partition coefficient (Wildman–Crippen LogP) is -2.42. The zero-order valence-electron chi connectivity index (χ0n) is 9.16. The molecule has 0 bridgehead atoms. The minimum Gasteiger partial charge on any atom is -0.394 e. The molecular weight excluding hydrogens is 218 g/mol. The average molecular weight is 235 g/mol. The summed E-state index contributed by atoms with van der Waals surface area (Å²) < 4.78 is 9.95. The van der Waals surface area contributed by atoms with Crippen LogP contribution in [-0.2, 0) is 14.3 Å². The van der Waals surface area contributed by atoms with Crippen LogP contribution < -0.4 is 5.32 Å². The van der Waals surface area contributed by atoms with Crippen LogP contribution in [0.3, 0.4) is 0 Å². The Labute approximate surface area is 93.0 Å². The fourth-order valence-corrected chi connectivity index (χ4v) is 1.69. The number of hydrogen-bond acceptors (Lipinski definition) is 6. The Bertz CT molecular complexity index is 232. The SMILES string of the molecule is CO[C@@H]1O[C@H](CO)[C@H](O)[C@H](NC(C)=O)[C@H]1O. The summed E-state index contributed by atoms with van der Waals surface area (Å²) in [5, 5.41) is 30.9. The number of hydrogen-bond donors (Lipinski definition) is 4. The highest BCUT2D eigenvalue weighted by Crippen LogP contribution is 2.21. The van der Waals surface area contributed by atoms with Gasteiger partial charge < -0.3 is 30.1 Å². The molecule has 0 radical (unpaired) electrons. The van der Waals surface area contributed by atoms with Gasteiger partial charge in [0.05, 0.1) is 12.6 Å². The highest BCUT2D eigenvalue weighted by molar-refractivity contribution is 5.73. The number of aliphatic hydroxyl groups is 3. The van der Waals surface area contributed by atoms with Gasteiger partial charge in [0, 0.05) is 14.0 Å². The summed E-state index contributed by atoms with van der Waals surface area (Å²) in [6.07, 6.45) is -4.26. The van der Waals surface area contributed by atoms with E-state index in [2.05, 4.69) is 5.32 Å². The Hall–Kier alpha value is -0.730. The molecule has 7 heteroatoms. The van der Waals surface area contributed by atoms with Crippen molar-refractivity contribution < 1.29 is 29.6 Å². The molecule has 1 aliphatic heterocycles. The lowest BCUT2D eigenvalue weighted by molar-refractivity contribution is -0.271. The highest BCUT2D eigenvalue weighted by atomic mass is 16.7. The molecule has 1 rings (SSSR count). The molecule has 0 aromatic heterocycles. The van der Waals surface area contributed by atoms with Gasteiger partial charge in [-0.1, -0.05) is 0 Å². The third kappa shape index (κ3) is 2.69. The zero-order chi connectivity index (χ0) is 12.3. The molecule has 4 N–H and O–H groups in total. The monoisotopic (exact) mass is 235 g/mol. The summed E-state index contributed by atoms with van der Waals surface area (Å²) in [4.78, 5) is 10.9. The van der Waals surface area contributed by atoms with Crippen molar-refractivity contribution >= 4 is 5.91 Å². The third-order valence-electron chi connectivity index (χ3n) is 2.49. The maximum Gasteiger partial charge on any atom is 0.217 e. The number of amides is 1. The maximum absolute atomic E-state index is 10.9. The zero-order valence-corrected chi connectivity index (χ0v) is 9.16. The molecule has 94 valence electrons. The quantitative estimate of drug-likeness (QED) is 0.433. The van der Waals surface area contributed by atoms with E-state index >= 15 is 0 Å². The lowest BCUT2D eigenvalue weighted by Crippen LogP contribution is -2.64. The molecule has 0 aromatic rings. The molecule has 1 heterocycles. The van der Waals surface area contributed by atoms with Crippen LogP contribution in [0.2, 0.25) is 0 Å². The average Bonchev–Trinajstić information content (AvgIpc) is 2.24. The van der Waals surface area contributed by atoms with Crippen LogP contribution in [0, 0.1) is 0 Å². The Morgan fingerprint density at radius 2 is 2.06 bits per heavy atom. The predicted molar refractivity (Wildman–Crippen MR) is 52.4 cm³/mol. The number of rotatable bonds is 3. The van der Waals surface area contributed by atoms with Crippen molar-refractivity contribution in [1.29, 1.82) is 0 Å². The van der Waals surface area contributed by atoms with Gasteiger partial charge in [0.15, 0.2) is 6.29 Å². The Morgan fingerprint density at radius 3 is 2.50 bits per heavy atom. The van der Waals surface area contributed by atoms with Crippen LogP contribution >= 0.6 is 0 Å². The second kappa shape index (κ2) is 5.55. The number of carbonyl (C=O) groups is 1. The van der Waals surface area contributed by atoms with E-state index in [0.717, 1.165) is 0 Å². The van der Waals surface area contributed by atoms with Crippen molar-refractivity contribution in [2.75, 3.05) is 13.7 Å². The van der Waals surface area contributed by atoms with E-state index in [-0.39, 0.29) is 0 Å². The standard InChI is InChI=1S/C9H17NO6/c1-4(12)10-6-7(13)5(3-11)16-9(15-2)8(6)14/h5-9,11,13-14H,3H2,1-2H3,(H,10,12)/t5-,6+,7+,8-,9-/m1/s1. The number of carbonyl (C=O) groups excluding carboxylic acids is 1. The number of ether oxygens (including phenoxy) is 2. The largest absolute Gasteiger partial charge is 0.394 e. The van der Waals surface area contributed by atoms with Gasteiger partial charge in [0.25, 0.3) is 0 Å². The van der Waals surface area contributed by atoms with Crippen LogP contribution in [0.5, 0.6) is 0 Å². The van der Waals surface area contributed by atoms with Gasteiger partial charge in [-0.3, -0.25) is 4.79 Å². The molecule has 0 aromatic carbocycles. The fourth-order valence-electron chi connectivity index (χ4n) is 1.69. The minimum absolute atomic E-state index is 0.392. The molecule has 1 aliphatic rings. The number of nitrogens with one attached hydrogen (secondary N) is 1. The summed E-state index contributed by atoms with van der Waals surface area (Å²) in [6.45, 7) is 0.842. The molecule has 5 atom stereocenters. The summed E-state index contributed by atoms with van der Waals surface area (Å²) in [5.74, 6) is -0.392. The van der Waals surface area contributed by atoms with Gasteiger partial charge in [-0.05, 0) is 0 Å². The fraction of sp³-hybridized carbons (Fsp3) is 0.889. The Balaban J connectivity index is 2.79. The van der Waals surface area contributed by atoms with E-state index in [9.17, 15) is 15.0 Å². The first-order valence-electron chi connectivity index (χ1n) is 4.93.